The zero-order chi connectivity index (χ0) is 13.4. The third kappa shape index (κ3) is 1.74. The third-order valence-electron chi connectivity index (χ3n) is 3.25. The molecule has 0 amide bonds. The van der Waals surface area contributed by atoms with Gasteiger partial charge in [0.25, 0.3) is 0 Å². The Morgan fingerprint density at radius 3 is 2.63 bits per heavy atom. The molecular weight excluding hydrogens is 241 g/mol. The first-order chi connectivity index (χ1) is 9.22. The number of nitrogens with zero attached hydrogens (tertiary/aromatic N) is 1. The lowest BCUT2D eigenvalue weighted by Crippen LogP contribution is -2.11. The highest BCUT2D eigenvalue weighted by molar-refractivity contribution is 5.93. The number of allylic oxidation sites excluding steroid dienone is 1. The van der Waals surface area contributed by atoms with Crippen molar-refractivity contribution >= 4 is 21.8 Å². The Morgan fingerprint density at radius 2 is 1.84 bits per heavy atom. The average Bonchev–Trinajstić information content (AvgIpc) is 2.44. The maximum atomic E-state index is 13.4. The van der Waals surface area contributed by atoms with Crippen molar-refractivity contribution in [1.82, 2.24) is 4.57 Å². The number of hydrogen-bond acceptors (Lipinski definition) is 1. The first-order valence-electron chi connectivity index (χ1n) is 6.04. The van der Waals surface area contributed by atoms with Crippen LogP contribution in [-0.4, -0.2) is 4.57 Å². The van der Waals surface area contributed by atoms with Gasteiger partial charge in [0.2, 0.25) is 0 Å². The topological polar surface area (TPSA) is 22.0 Å². The van der Waals surface area contributed by atoms with Crippen molar-refractivity contribution in [1.29, 1.82) is 0 Å². The van der Waals surface area contributed by atoms with Crippen LogP contribution in [0.1, 0.15) is 0 Å². The lowest BCUT2D eigenvalue weighted by molar-refractivity contribution is 0.629. The summed E-state index contributed by atoms with van der Waals surface area (Å²) in [5.41, 5.74) is 1.43. The summed E-state index contributed by atoms with van der Waals surface area (Å²) in [6.07, 6.45) is 1.76. The summed E-state index contributed by atoms with van der Waals surface area (Å²) in [6.45, 7) is 4.31. The molecule has 2 nitrogen and oxygen atoms in total. The Bertz CT molecular complexity index is 848. The minimum Gasteiger partial charge on any atom is -0.336 e. The molecule has 0 aliphatic heterocycles. The Morgan fingerprint density at radius 1 is 1.11 bits per heavy atom. The number of fused-ring (bicyclic) bond motifs is 2. The lowest BCUT2D eigenvalue weighted by atomic mass is 10.1. The second-order valence-electron chi connectivity index (χ2n) is 4.41. The van der Waals surface area contributed by atoms with Crippen LogP contribution in [0.4, 0.5) is 4.39 Å². The molecule has 0 N–H and O–H groups in total. The smallest absolute Gasteiger partial charge is 0.197 e. The van der Waals surface area contributed by atoms with Crippen molar-refractivity contribution in [3.05, 3.63) is 71.2 Å². The van der Waals surface area contributed by atoms with E-state index in [9.17, 15) is 9.18 Å². The van der Waals surface area contributed by atoms with Gasteiger partial charge in [-0.25, -0.2) is 4.39 Å². The van der Waals surface area contributed by atoms with Gasteiger partial charge in [0.15, 0.2) is 5.43 Å². The summed E-state index contributed by atoms with van der Waals surface area (Å²) in [4.78, 5) is 12.4. The van der Waals surface area contributed by atoms with Crippen molar-refractivity contribution in [2.45, 2.75) is 6.54 Å². The molecule has 3 rings (SSSR count). The molecular formula is C16H12FNO. The zero-order valence-corrected chi connectivity index (χ0v) is 10.3. The molecule has 0 saturated carbocycles. The molecule has 94 valence electrons. The lowest BCUT2D eigenvalue weighted by Gasteiger charge is -2.13. The highest BCUT2D eigenvalue weighted by Gasteiger charge is 2.10. The summed E-state index contributed by atoms with van der Waals surface area (Å²) in [5.74, 6) is -0.398. The monoisotopic (exact) mass is 253 g/mol. The van der Waals surface area contributed by atoms with Crippen molar-refractivity contribution in [3.63, 3.8) is 0 Å². The maximum Gasteiger partial charge on any atom is 0.197 e. The minimum atomic E-state index is -0.398. The van der Waals surface area contributed by atoms with Crippen LogP contribution in [0.25, 0.3) is 21.8 Å². The molecule has 0 fully saturated rings. The van der Waals surface area contributed by atoms with Gasteiger partial charge in [-0.1, -0.05) is 18.2 Å². The van der Waals surface area contributed by atoms with Gasteiger partial charge in [0, 0.05) is 17.3 Å². The molecule has 0 aliphatic rings. The summed E-state index contributed by atoms with van der Waals surface area (Å²) in [5, 5.41) is 1.00. The van der Waals surface area contributed by atoms with E-state index in [2.05, 4.69) is 6.58 Å². The van der Waals surface area contributed by atoms with Crippen LogP contribution in [0.15, 0.2) is 59.9 Å². The second-order valence-corrected chi connectivity index (χ2v) is 4.41. The van der Waals surface area contributed by atoms with Crippen LogP contribution in [0.5, 0.6) is 0 Å². The third-order valence-corrected chi connectivity index (χ3v) is 3.25. The Labute approximate surface area is 109 Å². The first-order valence-corrected chi connectivity index (χ1v) is 6.04. The van der Waals surface area contributed by atoms with E-state index < -0.39 is 5.82 Å². The predicted molar refractivity (Wildman–Crippen MR) is 75.9 cm³/mol. The van der Waals surface area contributed by atoms with Gasteiger partial charge in [-0.3, -0.25) is 4.79 Å². The molecule has 19 heavy (non-hydrogen) atoms. The van der Waals surface area contributed by atoms with Gasteiger partial charge in [0.1, 0.15) is 5.82 Å². The van der Waals surface area contributed by atoms with Crippen LogP contribution in [0, 0.1) is 5.82 Å². The SMILES string of the molecule is C=CCn1c2ccccc2c(=O)c2cc(F)ccc21. The molecule has 0 atom stereocenters. The number of pyridine rings is 1. The van der Waals surface area contributed by atoms with Crippen LogP contribution in [0.3, 0.4) is 0 Å². The number of aromatic nitrogens is 1. The van der Waals surface area contributed by atoms with Gasteiger partial charge in [0.05, 0.1) is 11.0 Å². The van der Waals surface area contributed by atoms with Crippen LogP contribution >= 0.6 is 0 Å². The summed E-state index contributed by atoms with van der Waals surface area (Å²) >= 11 is 0. The molecule has 2 aromatic carbocycles. The molecule has 0 radical (unpaired) electrons. The van der Waals surface area contributed by atoms with E-state index in [-0.39, 0.29) is 5.43 Å². The molecule has 0 aliphatic carbocycles. The number of halogens is 1. The summed E-state index contributed by atoms with van der Waals surface area (Å²) in [7, 11) is 0. The van der Waals surface area contributed by atoms with Crippen molar-refractivity contribution in [2.75, 3.05) is 0 Å². The van der Waals surface area contributed by atoms with Crippen molar-refractivity contribution in [2.24, 2.45) is 0 Å². The Balaban J connectivity index is 2.61. The predicted octanol–water partition coefficient (Wildman–Crippen LogP) is 3.48. The molecule has 0 unspecified atom stereocenters. The molecule has 0 spiro atoms. The molecule has 3 heteroatoms. The highest BCUT2D eigenvalue weighted by atomic mass is 19.1. The van der Waals surface area contributed by atoms with Crippen molar-refractivity contribution in [3.8, 4) is 0 Å². The van der Waals surface area contributed by atoms with Gasteiger partial charge < -0.3 is 4.57 Å². The van der Waals surface area contributed by atoms with E-state index in [1.807, 2.05) is 22.8 Å². The molecule has 0 saturated heterocycles. The fourth-order valence-corrected chi connectivity index (χ4v) is 2.43. The fourth-order valence-electron chi connectivity index (χ4n) is 2.43. The van der Waals surface area contributed by atoms with Crippen LogP contribution in [0.2, 0.25) is 0 Å². The minimum absolute atomic E-state index is 0.134. The molecule has 1 aromatic heterocycles. The Hall–Kier alpha value is -2.42. The van der Waals surface area contributed by atoms with E-state index in [0.29, 0.717) is 17.3 Å². The molecule has 3 aromatic rings. The van der Waals surface area contributed by atoms with E-state index in [1.54, 1.807) is 18.2 Å². The van der Waals surface area contributed by atoms with E-state index >= 15 is 0 Å². The van der Waals surface area contributed by atoms with Gasteiger partial charge >= 0.3 is 0 Å². The van der Waals surface area contributed by atoms with E-state index in [0.717, 1.165) is 11.0 Å². The van der Waals surface area contributed by atoms with Crippen LogP contribution < -0.4 is 5.43 Å². The summed E-state index contributed by atoms with van der Waals surface area (Å²) in [6, 6.07) is 11.7. The zero-order valence-electron chi connectivity index (χ0n) is 10.3. The number of benzene rings is 2. The summed E-state index contributed by atoms with van der Waals surface area (Å²) < 4.78 is 15.3. The quantitative estimate of drug-likeness (QED) is 0.506. The van der Waals surface area contributed by atoms with E-state index in [1.165, 1.54) is 12.1 Å². The normalized spacial score (nSPS) is 11.0. The fraction of sp³-hybridized carbons (Fsp3) is 0.0625. The number of para-hydroxylation sites is 1. The van der Waals surface area contributed by atoms with Gasteiger partial charge in [-0.15, -0.1) is 6.58 Å². The maximum absolute atomic E-state index is 13.4. The van der Waals surface area contributed by atoms with Crippen molar-refractivity contribution < 1.29 is 4.39 Å². The van der Waals surface area contributed by atoms with Gasteiger partial charge in [-0.2, -0.15) is 0 Å². The van der Waals surface area contributed by atoms with E-state index in [4.69, 9.17) is 0 Å². The molecule has 0 bridgehead atoms. The first kappa shape index (κ1) is 11.7. The highest BCUT2D eigenvalue weighted by Crippen LogP contribution is 2.20. The van der Waals surface area contributed by atoms with Crippen LogP contribution in [-0.2, 0) is 6.54 Å². The largest absolute Gasteiger partial charge is 0.336 e. The number of hydrogen-bond donors (Lipinski definition) is 0. The number of rotatable bonds is 2. The second kappa shape index (κ2) is 4.35. The Kier molecular flexibility index (Phi) is 2.67. The molecule has 1 heterocycles. The van der Waals surface area contributed by atoms with Gasteiger partial charge in [-0.05, 0) is 30.3 Å². The average molecular weight is 253 g/mol. The standard InChI is InChI=1S/C16H12FNO/c1-2-9-18-14-6-4-3-5-12(14)16(19)13-10-11(17)7-8-15(13)18/h2-8,10H,1,9H2.